The van der Waals surface area contributed by atoms with Gasteiger partial charge in [0.15, 0.2) is 0 Å². The van der Waals surface area contributed by atoms with Gasteiger partial charge in [-0.25, -0.2) is 4.79 Å². The summed E-state index contributed by atoms with van der Waals surface area (Å²) in [6.07, 6.45) is -4.91. The zero-order chi connectivity index (χ0) is 23.0. The van der Waals surface area contributed by atoms with Crippen LogP contribution in [0.1, 0.15) is 21.7 Å². The smallest absolute Gasteiger partial charge is 0.450 e. The van der Waals surface area contributed by atoms with E-state index in [1.807, 2.05) is 0 Å². The van der Waals surface area contributed by atoms with E-state index in [0.717, 1.165) is 6.07 Å². The summed E-state index contributed by atoms with van der Waals surface area (Å²) in [5, 5.41) is -0.0633. The van der Waals surface area contributed by atoms with Crippen molar-refractivity contribution in [2.75, 3.05) is 0 Å². The first kappa shape index (κ1) is 21.8. The van der Waals surface area contributed by atoms with Gasteiger partial charge in [0.25, 0.3) is 0 Å². The van der Waals surface area contributed by atoms with Gasteiger partial charge in [0.05, 0.1) is 16.5 Å². The van der Waals surface area contributed by atoms with Crippen LogP contribution in [0.4, 0.5) is 13.2 Å². The zero-order valence-electron chi connectivity index (χ0n) is 16.5. The maximum Gasteiger partial charge on any atom is 0.450 e. The summed E-state index contributed by atoms with van der Waals surface area (Å²) in [5.74, 6) is -2.13. The van der Waals surface area contributed by atoms with Gasteiger partial charge in [-0.05, 0) is 48.4 Å². The van der Waals surface area contributed by atoms with Gasteiger partial charge in [-0.3, -0.25) is 4.79 Å². The van der Waals surface area contributed by atoms with Crippen molar-refractivity contribution >= 4 is 32.9 Å². The minimum Gasteiger partial charge on any atom is -0.450 e. The molecule has 0 spiro atoms. The Morgan fingerprint density at radius 3 is 2.34 bits per heavy atom. The molecule has 4 nitrogen and oxygen atoms in total. The normalized spacial score (nSPS) is 11.5. The molecule has 0 aliphatic carbocycles. The van der Waals surface area contributed by atoms with Crippen LogP contribution in [0.25, 0.3) is 22.1 Å². The van der Waals surface area contributed by atoms with E-state index in [-0.39, 0.29) is 22.3 Å². The van der Waals surface area contributed by atoms with Crippen LogP contribution in [-0.2, 0) is 6.18 Å². The first-order valence-corrected chi connectivity index (χ1v) is 10.2. The van der Waals surface area contributed by atoms with Crippen LogP contribution in [0.2, 0.25) is 0 Å². The van der Waals surface area contributed by atoms with Gasteiger partial charge in [0.1, 0.15) is 11.3 Å². The predicted molar refractivity (Wildman–Crippen MR) is 117 cm³/mol. The summed E-state index contributed by atoms with van der Waals surface area (Å²) in [4.78, 5) is 25.4. The Labute approximate surface area is 188 Å². The van der Waals surface area contributed by atoms with Crippen molar-refractivity contribution in [3.63, 3.8) is 0 Å². The molecule has 1 aromatic heterocycles. The number of ether oxygens (including phenoxy) is 1. The van der Waals surface area contributed by atoms with E-state index in [0.29, 0.717) is 15.6 Å². The molecule has 0 saturated carbocycles. The molecule has 4 rings (SSSR count). The third-order valence-corrected chi connectivity index (χ3v) is 5.36. The number of hydrogen-bond acceptors (Lipinski definition) is 4. The summed E-state index contributed by atoms with van der Waals surface area (Å²) < 4.78 is 52.4. The summed E-state index contributed by atoms with van der Waals surface area (Å²) in [5.41, 5.74) is -0.678. The highest BCUT2D eigenvalue weighted by Gasteiger charge is 2.39. The van der Waals surface area contributed by atoms with Crippen molar-refractivity contribution in [1.82, 2.24) is 0 Å². The molecule has 1 heterocycles. The van der Waals surface area contributed by atoms with Crippen molar-refractivity contribution in [3.8, 4) is 16.9 Å². The monoisotopic (exact) mass is 502 g/mol. The van der Waals surface area contributed by atoms with Gasteiger partial charge in [0, 0.05) is 10.5 Å². The number of carbonyl (C=O) groups is 1. The standard InChI is InChI=1S/C24H14BrF3O4/c1-13-4-2-3-5-17(13)23(30)31-16-10-11-18-19(12-16)32-22(24(26,27)28)20(21(18)29)14-6-8-15(25)9-7-14/h2-12H,1H3. The van der Waals surface area contributed by atoms with Crippen molar-refractivity contribution in [2.45, 2.75) is 13.1 Å². The summed E-state index contributed by atoms with van der Waals surface area (Å²) in [7, 11) is 0. The van der Waals surface area contributed by atoms with Crippen LogP contribution in [0.3, 0.4) is 0 Å². The number of alkyl halides is 3. The van der Waals surface area contributed by atoms with Crippen molar-refractivity contribution in [1.29, 1.82) is 0 Å². The van der Waals surface area contributed by atoms with Gasteiger partial charge in [-0.1, -0.05) is 46.3 Å². The van der Waals surface area contributed by atoms with Crippen molar-refractivity contribution < 1.29 is 27.1 Å². The van der Waals surface area contributed by atoms with Crippen LogP contribution in [0, 0.1) is 6.92 Å². The van der Waals surface area contributed by atoms with Crippen molar-refractivity contribution in [2.24, 2.45) is 0 Å². The van der Waals surface area contributed by atoms with Crippen LogP contribution >= 0.6 is 15.9 Å². The summed E-state index contributed by atoms with van der Waals surface area (Å²) in [6.45, 7) is 1.73. The second-order valence-electron chi connectivity index (χ2n) is 7.00. The lowest BCUT2D eigenvalue weighted by Gasteiger charge is -2.13. The number of carbonyl (C=O) groups excluding carboxylic acids is 1. The lowest BCUT2D eigenvalue weighted by molar-refractivity contribution is -0.152. The minimum absolute atomic E-state index is 0.0431. The molecule has 8 heteroatoms. The van der Waals surface area contributed by atoms with Gasteiger partial charge in [-0.2, -0.15) is 13.2 Å². The average molecular weight is 503 g/mol. The number of halogens is 4. The second-order valence-corrected chi connectivity index (χ2v) is 7.92. The molecular weight excluding hydrogens is 489 g/mol. The SMILES string of the molecule is Cc1ccccc1C(=O)Oc1ccc2c(=O)c(-c3ccc(Br)cc3)c(C(F)(F)F)oc2c1. The molecule has 32 heavy (non-hydrogen) atoms. The molecule has 4 aromatic rings. The number of hydrogen-bond donors (Lipinski definition) is 0. The van der Waals surface area contributed by atoms with Crippen LogP contribution in [-0.4, -0.2) is 5.97 Å². The highest BCUT2D eigenvalue weighted by atomic mass is 79.9. The Morgan fingerprint density at radius 2 is 1.69 bits per heavy atom. The second kappa shape index (κ2) is 8.27. The molecule has 0 fully saturated rings. The van der Waals surface area contributed by atoms with Gasteiger partial charge in [-0.15, -0.1) is 0 Å². The van der Waals surface area contributed by atoms with E-state index in [1.165, 1.54) is 36.4 Å². The molecule has 0 amide bonds. The molecule has 0 aliphatic heterocycles. The molecule has 0 bridgehead atoms. The lowest BCUT2D eigenvalue weighted by Crippen LogP contribution is -2.16. The predicted octanol–water partition coefficient (Wildman–Crippen LogP) is 6.77. The topological polar surface area (TPSA) is 56.5 Å². The molecule has 0 atom stereocenters. The van der Waals surface area contributed by atoms with Gasteiger partial charge >= 0.3 is 12.1 Å². The number of aryl methyl sites for hydroxylation is 1. The summed E-state index contributed by atoms with van der Waals surface area (Å²) in [6, 6.07) is 16.3. The third-order valence-electron chi connectivity index (χ3n) is 4.83. The van der Waals surface area contributed by atoms with E-state index in [9.17, 15) is 22.8 Å². The fourth-order valence-corrected chi connectivity index (χ4v) is 3.54. The highest BCUT2D eigenvalue weighted by Crippen LogP contribution is 2.38. The minimum atomic E-state index is -4.91. The Bertz CT molecular complexity index is 1390. The summed E-state index contributed by atoms with van der Waals surface area (Å²) >= 11 is 3.22. The Kier molecular flexibility index (Phi) is 5.64. The Hall–Kier alpha value is -3.39. The quantitative estimate of drug-likeness (QED) is 0.229. The fraction of sp³-hybridized carbons (Fsp3) is 0.0833. The number of fused-ring (bicyclic) bond motifs is 1. The maximum absolute atomic E-state index is 13.8. The maximum atomic E-state index is 13.8. The zero-order valence-corrected chi connectivity index (χ0v) is 18.1. The third kappa shape index (κ3) is 4.18. The lowest BCUT2D eigenvalue weighted by atomic mass is 10.0. The molecular formula is C24H14BrF3O4. The van der Waals surface area contributed by atoms with E-state index in [1.54, 1.807) is 31.2 Å². The Balaban J connectivity index is 1.83. The van der Waals surface area contributed by atoms with E-state index in [2.05, 4.69) is 15.9 Å². The van der Waals surface area contributed by atoms with Crippen LogP contribution < -0.4 is 10.2 Å². The van der Waals surface area contributed by atoms with Crippen LogP contribution in [0.5, 0.6) is 5.75 Å². The molecule has 0 unspecified atom stereocenters. The average Bonchev–Trinajstić information content (AvgIpc) is 2.74. The molecule has 0 saturated heterocycles. The highest BCUT2D eigenvalue weighted by molar-refractivity contribution is 9.10. The number of rotatable bonds is 3. The van der Waals surface area contributed by atoms with E-state index in [4.69, 9.17) is 9.15 Å². The largest absolute Gasteiger partial charge is 0.450 e. The molecule has 0 aliphatic rings. The van der Waals surface area contributed by atoms with Crippen LogP contribution in [0.15, 0.2) is 80.4 Å². The van der Waals surface area contributed by atoms with Gasteiger partial charge < -0.3 is 9.15 Å². The fourth-order valence-electron chi connectivity index (χ4n) is 3.28. The Morgan fingerprint density at radius 1 is 1.00 bits per heavy atom. The first-order chi connectivity index (χ1) is 15.1. The van der Waals surface area contributed by atoms with E-state index < -0.39 is 28.9 Å². The van der Waals surface area contributed by atoms with Gasteiger partial charge in [0.2, 0.25) is 11.2 Å². The molecule has 162 valence electrons. The molecule has 3 aromatic carbocycles. The first-order valence-electron chi connectivity index (χ1n) is 9.37. The number of benzene rings is 3. The van der Waals surface area contributed by atoms with Crippen molar-refractivity contribution in [3.05, 3.63) is 98.3 Å². The molecule has 0 radical (unpaired) electrons. The number of esters is 1. The van der Waals surface area contributed by atoms with E-state index >= 15 is 0 Å². The molecule has 0 N–H and O–H groups in total.